The van der Waals surface area contributed by atoms with E-state index in [1.165, 1.54) is 6.08 Å². The number of nitrogens with two attached hydrogens (primary N) is 1. The van der Waals surface area contributed by atoms with Gasteiger partial charge in [0.2, 0.25) is 11.8 Å². The number of aryl methyl sites for hydroxylation is 1. The average molecular weight is 760 g/mol. The molecule has 0 bridgehead atoms. The van der Waals surface area contributed by atoms with E-state index in [-0.39, 0.29) is 45.2 Å². The molecule has 0 spiro atoms. The Balaban J connectivity index is 1.66. The molecule has 1 saturated heterocycles. The molecule has 1 unspecified atom stereocenters. The quantitative estimate of drug-likeness (QED) is 0.0248. The first-order chi connectivity index (χ1) is 24.7. The number of oxime groups is 1. The van der Waals surface area contributed by atoms with Crippen LogP contribution in [0.1, 0.15) is 90.2 Å². The highest BCUT2D eigenvalue weighted by Crippen LogP contribution is 2.47. The van der Waals surface area contributed by atoms with Gasteiger partial charge in [-0.15, -0.1) is 0 Å². The molecule has 2 heterocycles. The molecular formula is C35H45N5O12S. The van der Waals surface area contributed by atoms with Crippen molar-refractivity contribution in [3.05, 3.63) is 58.8 Å². The van der Waals surface area contributed by atoms with Crippen LogP contribution in [0.2, 0.25) is 0 Å². The van der Waals surface area contributed by atoms with Gasteiger partial charge in [-0.2, -0.15) is 12.7 Å². The maximum Gasteiger partial charge on any atom is 0.515 e. The number of aromatic hydroxyl groups is 1. The molecule has 0 radical (unpaired) electrons. The minimum atomic E-state index is -5.34. The van der Waals surface area contributed by atoms with Crippen LogP contribution < -0.4 is 15.8 Å². The fourth-order valence-electron chi connectivity index (χ4n) is 6.07. The van der Waals surface area contributed by atoms with E-state index in [1.54, 1.807) is 12.1 Å². The largest absolute Gasteiger partial charge is 0.515 e. The van der Waals surface area contributed by atoms with Crippen LogP contribution in [-0.2, 0) is 40.7 Å². The van der Waals surface area contributed by atoms with Crippen LogP contribution in [0.15, 0.2) is 57.9 Å². The first kappa shape index (κ1) is 40.5. The maximum atomic E-state index is 13.5. The molecule has 0 saturated carbocycles. The number of aliphatic imine (C=N–C) groups is 1. The van der Waals surface area contributed by atoms with Crippen molar-refractivity contribution < 1.29 is 56.7 Å². The molecule has 288 valence electrons. The third-order valence-corrected chi connectivity index (χ3v) is 9.90. The molecule has 1 aromatic rings. The molecule has 6 N–H and O–H groups in total. The Morgan fingerprint density at radius 1 is 1.23 bits per heavy atom. The number of carbonyl (C=O) groups is 4. The van der Waals surface area contributed by atoms with Gasteiger partial charge in [0.15, 0.2) is 11.8 Å². The summed E-state index contributed by atoms with van der Waals surface area (Å²) < 4.78 is 44.9. The summed E-state index contributed by atoms with van der Waals surface area (Å²) in [5.74, 6) is -4.76. The Kier molecular flexibility index (Phi) is 12.4. The number of nitrogens with zero attached hydrogens (tertiary/aromatic N) is 3. The number of aliphatic carboxylic acids is 1. The monoisotopic (exact) mass is 759 g/mol. The lowest BCUT2D eigenvalue weighted by molar-refractivity contribution is -0.162. The summed E-state index contributed by atoms with van der Waals surface area (Å²) in [6.45, 7) is 12.3. The van der Waals surface area contributed by atoms with Gasteiger partial charge in [0.05, 0.1) is 5.70 Å². The van der Waals surface area contributed by atoms with Crippen LogP contribution >= 0.6 is 0 Å². The van der Waals surface area contributed by atoms with Crippen LogP contribution in [0, 0.1) is 5.92 Å². The predicted octanol–water partition coefficient (Wildman–Crippen LogP) is 3.99. The van der Waals surface area contributed by atoms with E-state index < -0.39 is 63.7 Å². The highest BCUT2D eigenvalue weighted by atomic mass is 32.2. The Morgan fingerprint density at radius 3 is 2.51 bits per heavy atom. The third kappa shape index (κ3) is 9.42. The standard InChI is InChI=1S/C35H45N5O12S/c1-7-8-9-10-20-16-24(41)27(22-15-19(4)11-12-21(22)18(2)3)25(17-20)50-34(46)51-32-29(31(43)40(32)53(47,48)49)38-30(42)28(23-13-14-26(36)37-23)39-52-35(5,6)33(44)45/h13,15-17,21-22,29,32,41H,2,7-12,14H2,1,3-6H3,(H2,36,37)(H,38,42)(H,44,45)(H,47,48,49)/b39-28-/t21-,22+,29+,32?/m0/s1. The number of carboxylic acids is 1. The zero-order valence-corrected chi connectivity index (χ0v) is 30.9. The number of β-lactam (4-membered cyclic amide) rings is 1. The molecule has 17 nitrogen and oxygen atoms in total. The van der Waals surface area contributed by atoms with Crippen molar-refractivity contribution in [1.29, 1.82) is 0 Å². The second kappa shape index (κ2) is 16.2. The first-order valence-corrected chi connectivity index (χ1v) is 18.4. The van der Waals surface area contributed by atoms with Crippen molar-refractivity contribution in [2.45, 2.75) is 103 Å². The molecule has 3 aliphatic rings. The van der Waals surface area contributed by atoms with Gasteiger partial charge in [0, 0.05) is 17.9 Å². The summed E-state index contributed by atoms with van der Waals surface area (Å²) in [6.07, 6.45) is 4.43. The molecule has 1 aliphatic carbocycles. The molecule has 1 aromatic carbocycles. The van der Waals surface area contributed by atoms with Crippen LogP contribution in [0.3, 0.4) is 0 Å². The summed E-state index contributed by atoms with van der Waals surface area (Å²) in [5, 5.41) is 26.6. The smallest absolute Gasteiger partial charge is 0.507 e. The summed E-state index contributed by atoms with van der Waals surface area (Å²) in [5.41, 5.74) is 5.83. The van der Waals surface area contributed by atoms with Gasteiger partial charge in [-0.25, -0.2) is 14.6 Å². The van der Waals surface area contributed by atoms with E-state index in [0.717, 1.165) is 57.1 Å². The highest BCUT2D eigenvalue weighted by molar-refractivity contribution is 7.84. The van der Waals surface area contributed by atoms with E-state index in [2.05, 4.69) is 22.0 Å². The first-order valence-electron chi connectivity index (χ1n) is 17.0. The predicted molar refractivity (Wildman–Crippen MR) is 191 cm³/mol. The Labute approximate surface area is 307 Å². The Bertz CT molecular complexity index is 1920. The number of hydrogen-bond acceptors (Lipinski definition) is 13. The number of benzene rings is 1. The van der Waals surface area contributed by atoms with Crippen molar-refractivity contribution in [1.82, 2.24) is 9.62 Å². The SMILES string of the molecule is C=C(C)[C@@H]1CCC(C)=C[C@H]1c1c(O)cc(CCCCC)cc1OC(=O)OC1[C@H](NC(=O)/C(=N\OC(C)(C)C(=O)O)C2=CCC(N)=N2)C(=O)N1S(=O)(=O)O. The van der Waals surface area contributed by atoms with E-state index in [1.807, 2.05) is 26.8 Å². The van der Waals surface area contributed by atoms with Gasteiger partial charge in [0.1, 0.15) is 17.3 Å². The maximum absolute atomic E-state index is 13.5. The number of carbonyl (C=O) groups excluding carboxylic acids is 3. The normalized spacial score (nSPS) is 21.8. The number of carboxylic acid groups (broad SMARTS) is 1. The van der Waals surface area contributed by atoms with E-state index in [0.29, 0.717) is 12.0 Å². The average Bonchev–Trinajstić information content (AvgIpc) is 3.48. The Morgan fingerprint density at radius 2 is 1.92 bits per heavy atom. The third-order valence-electron chi connectivity index (χ3n) is 9.01. The van der Waals surface area contributed by atoms with Crippen molar-refractivity contribution in [2.24, 2.45) is 21.8 Å². The van der Waals surface area contributed by atoms with Crippen LogP contribution in [0.5, 0.6) is 11.5 Å². The number of phenolic OH excluding ortho intramolecular Hbond substituents is 1. The fourth-order valence-corrected chi connectivity index (χ4v) is 6.84. The summed E-state index contributed by atoms with van der Waals surface area (Å²) in [7, 11) is -5.34. The number of allylic oxidation sites excluding steroid dienone is 3. The lowest BCUT2D eigenvalue weighted by Gasteiger charge is -2.42. The second-order valence-electron chi connectivity index (χ2n) is 13.7. The van der Waals surface area contributed by atoms with Crippen molar-refractivity contribution >= 4 is 45.8 Å². The molecule has 0 aromatic heterocycles. The van der Waals surface area contributed by atoms with Crippen molar-refractivity contribution in [2.75, 3.05) is 0 Å². The minimum Gasteiger partial charge on any atom is -0.507 e. The van der Waals surface area contributed by atoms with E-state index in [9.17, 15) is 42.4 Å². The molecule has 1 fully saturated rings. The van der Waals surface area contributed by atoms with Crippen molar-refractivity contribution in [3.8, 4) is 11.5 Å². The molecule has 53 heavy (non-hydrogen) atoms. The number of nitrogens with one attached hydrogen (secondary N) is 1. The Hall–Kier alpha value is -5.23. The lowest BCUT2D eigenvalue weighted by Crippen LogP contribution is -2.73. The van der Waals surface area contributed by atoms with Gasteiger partial charge >= 0.3 is 22.4 Å². The van der Waals surface area contributed by atoms with Gasteiger partial charge in [0.25, 0.3) is 11.8 Å². The number of unbranched alkanes of at least 4 members (excludes halogenated alkanes) is 2. The fraction of sp³-hybridized carbons (Fsp3) is 0.486. The molecule has 4 rings (SSSR count). The molecule has 2 aliphatic heterocycles. The number of ether oxygens (including phenoxy) is 2. The van der Waals surface area contributed by atoms with E-state index >= 15 is 0 Å². The summed E-state index contributed by atoms with van der Waals surface area (Å²) >= 11 is 0. The summed E-state index contributed by atoms with van der Waals surface area (Å²) in [4.78, 5) is 60.5. The number of amides is 2. The van der Waals surface area contributed by atoms with Gasteiger partial charge < -0.3 is 35.6 Å². The van der Waals surface area contributed by atoms with Gasteiger partial charge in [-0.1, -0.05) is 48.7 Å². The van der Waals surface area contributed by atoms with Crippen LogP contribution in [0.4, 0.5) is 4.79 Å². The zero-order valence-electron chi connectivity index (χ0n) is 30.1. The number of amidine groups is 1. The van der Waals surface area contributed by atoms with E-state index in [4.69, 9.17) is 20.0 Å². The zero-order chi connectivity index (χ0) is 39.4. The second-order valence-corrected chi connectivity index (χ2v) is 15.0. The molecule has 18 heteroatoms. The van der Waals surface area contributed by atoms with Crippen molar-refractivity contribution in [3.63, 3.8) is 0 Å². The van der Waals surface area contributed by atoms with Gasteiger partial charge in [-0.3, -0.25) is 14.1 Å². The minimum absolute atomic E-state index is 0.0764. The molecule has 4 atom stereocenters. The lowest BCUT2D eigenvalue weighted by atomic mass is 9.73. The molecular weight excluding hydrogens is 714 g/mol. The number of rotatable bonds is 15. The number of phenols is 1. The topological polar surface area (TPSA) is 257 Å². The van der Waals surface area contributed by atoms with Gasteiger partial charge in [-0.05, 0) is 83.1 Å². The number of hydrogen-bond donors (Lipinski definition) is 5. The summed E-state index contributed by atoms with van der Waals surface area (Å²) in [6, 6.07) is 1.27. The van der Waals surface area contributed by atoms with Crippen LogP contribution in [-0.4, -0.2) is 80.8 Å². The molecule has 2 amide bonds. The highest BCUT2D eigenvalue weighted by Gasteiger charge is 2.57. The van der Waals surface area contributed by atoms with Crippen LogP contribution in [0.25, 0.3) is 0 Å².